The maximum Gasteiger partial charge on any atom is 0.352 e. The van der Waals surface area contributed by atoms with Crippen LogP contribution in [0.2, 0.25) is 0 Å². The Bertz CT molecular complexity index is 917. The largest absolute Gasteiger partial charge is 0.477 e. The summed E-state index contributed by atoms with van der Waals surface area (Å²) in [5, 5.41) is 9.18. The number of β-lactam (4-membered cyclic amide) rings is 1. The molecule has 1 fully saturated rings. The van der Waals surface area contributed by atoms with E-state index < -0.39 is 35.2 Å². The first-order valence-electron chi connectivity index (χ1n) is 9.89. The van der Waals surface area contributed by atoms with Crippen molar-refractivity contribution in [2.75, 3.05) is 23.8 Å². The Morgan fingerprint density at radius 3 is 2.55 bits per heavy atom. The summed E-state index contributed by atoms with van der Waals surface area (Å²) in [6, 6.07) is 7.79. The fraction of sp³-hybridized carbons (Fsp3) is 0.429. The van der Waals surface area contributed by atoms with Gasteiger partial charge in [-0.05, 0) is 23.6 Å². The van der Waals surface area contributed by atoms with Crippen LogP contribution in [0, 0.1) is 5.92 Å². The number of carboxylic acids is 1. The van der Waals surface area contributed by atoms with Gasteiger partial charge in [0.15, 0.2) is 0 Å². The molecule has 0 saturated carbocycles. The number of para-hydroxylation sites is 1. The number of hydrogen-bond donors (Lipinski definition) is 2. The summed E-state index contributed by atoms with van der Waals surface area (Å²) in [5.74, 6) is -2.39. The van der Waals surface area contributed by atoms with Crippen LogP contribution >= 0.6 is 11.8 Å². The van der Waals surface area contributed by atoms with Crippen molar-refractivity contribution in [3.05, 3.63) is 41.6 Å². The van der Waals surface area contributed by atoms with Crippen LogP contribution in [0.5, 0.6) is 0 Å². The molecule has 2 atom stereocenters. The number of benzene rings is 1. The zero-order valence-electron chi connectivity index (χ0n) is 17.3. The number of nitrogens with two attached hydrogens (primary N) is 1. The molecule has 1 aromatic carbocycles. The number of thioether (sulfide) groups is 1. The van der Waals surface area contributed by atoms with Crippen LogP contribution in [0.3, 0.4) is 0 Å². The fourth-order valence-electron chi connectivity index (χ4n) is 3.54. The Morgan fingerprint density at radius 1 is 1.29 bits per heavy atom. The molecule has 3 rings (SSSR count). The average Bonchev–Trinajstić information content (AvgIpc) is 2.75. The zero-order valence-corrected chi connectivity index (χ0v) is 18.1. The summed E-state index contributed by atoms with van der Waals surface area (Å²) in [6.45, 7) is 3.75. The third kappa shape index (κ3) is 4.59. The van der Waals surface area contributed by atoms with Gasteiger partial charge >= 0.3 is 11.9 Å². The lowest BCUT2D eigenvalue weighted by molar-refractivity contribution is -0.149. The van der Waals surface area contributed by atoms with Crippen molar-refractivity contribution in [2.45, 2.75) is 31.7 Å². The Labute approximate surface area is 184 Å². The molecule has 0 unspecified atom stereocenters. The second kappa shape index (κ2) is 9.52. The van der Waals surface area contributed by atoms with Crippen LogP contribution in [0.25, 0.3) is 0 Å². The van der Waals surface area contributed by atoms with E-state index >= 15 is 0 Å². The number of fused-ring (bicyclic) bond motifs is 1. The molecular weight excluding hydrogens is 422 g/mol. The lowest BCUT2D eigenvalue weighted by Crippen LogP contribution is -2.72. The SMILES string of the molecule is CC(C)COC(=O)CC1=C(C(=O)O)N2C(=O)[C@@H](N(C(=O)CN)c3ccccc3)[C@@H]2SC1. The molecule has 31 heavy (non-hydrogen) atoms. The molecule has 3 N–H and O–H groups in total. The third-order valence-corrected chi connectivity index (χ3v) is 6.24. The van der Waals surface area contributed by atoms with Crippen LogP contribution in [0.15, 0.2) is 41.6 Å². The number of esters is 1. The predicted octanol–water partition coefficient (Wildman–Crippen LogP) is 1.19. The molecule has 0 radical (unpaired) electrons. The normalized spacial score (nSPS) is 20.3. The first-order valence-corrected chi connectivity index (χ1v) is 10.9. The molecule has 2 aliphatic heterocycles. The number of amides is 2. The van der Waals surface area contributed by atoms with Gasteiger partial charge in [-0.2, -0.15) is 0 Å². The van der Waals surface area contributed by atoms with Gasteiger partial charge in [0.1, 0.15) is 17.1 Å². The summed E-state index contributed by atoms with van der Waals surface area (Å²) in [6.07, 6.45) is -0.202. The van der Waals surface area contributed by atoms with E-state index in [2.05, 4.69) is 0 Å². The van der Waals surface area contributed by atoms with Gasteiger partial charge < -0.3 is 15.6 Å². The van der Waals surface area contributed by atoms with Gasteiger partial charge in [0, 0.05) is 11.4 Å². The van der Waals surface area contributed by atoms with Crippen molar-refractivity contribution in [1.82, 2.24) is 4.90 Å². The van der Waals surface area contributed by atoms with Crippen LogP contribution in [0.1, 0.15) is 20.3 Å². The van der Waals surface area contributed by atoms with E-state index in [0.29, 0.717) is 11.3 Å². The lowest BCUT2D eigenvalue weighted by Gasteiger charge is -2.52. The number of carboxylic acid groups (broad SMARTS) is 1. The van der Waals surface area contributed by atoms with Crippen molar-refractivity contribution in [3.63, 3.8) is 0 Å². The Hall–Kier alpha value is -2.85. The number of hydrogen-bond acceptors (Lipinski definition) is 7. The summed E-state index contributed by atoms with van der Waals surface area (Å²) in [5.41, 5.74) is 6.20. The standard InChI is InChI=1S/C21H25N3O6S/c1-12(2)10-30-16(26)8-13-11-31-20-18(19(27)24(20)17(13)21(28)29)23(15(25)9-22)14-6-4-3-5-7-14/h3-7,12,18,20H,8-11,22H2,1-2H3,(H,28,29)/t18-,20+/m1/s1. The van der Waals surface area contributed by atoms with Gasteiger partial charge in [0.2, 0.25) is 5.91 Å². The monoisotopic (exact) mass is 447 g/mol. The van der Waals surface area contributed by atoms with Crippen LogP contribution in [-0.4, -0.2) is 64.1 Å². The number of anilines is 1. The minimum atomic E-state index is -1.29. The highest BCUT2D eigenvalue weighted by atomic mass is 32.2. The molecule has 2 heterocycles. The lowest BCUT2D eigenvalue weighted by atomic mass is 9.99. The highest BCUT2D eigenvalue weighted by Crippen LogP contribution is 2.44. The summed E-state index contributed by atoms with van der Waals surface area (Å²) in [7, 11) is 0. The second-order valence-corrected chi connectivity index (χ2v) is 8.77. The summed E-state index contributed by atoms with van der Waals surface area (Å²) >= 11 is 1.31. The van der Waals surface area contributed by atoms with E-state index in [0.717, 1.165) is 4.90 Å². The molecule has 0 bridgehead atoms. The molecule has 0 spiro atoms. The number of rotatable bonds is 8. The van der Waals surface area contributed by atoms with Crippen molar-refractivity contribution in [2.24, 2.45) is 11.7 Å². The molecule has 0 aliphatic carbocycles. The van der Waals surface area contributed by atoms with Crippen LogP contribution < -0.4 is 10.6 Å². The smallest absolute Gasteiger partial charge is 0.352 e. The predicted molar refractivity (Wildman–Crippen MR) is 115 cm³/mol. The molecule has 10 heteroatoms. The number of carbonyl (C=O) groups is 4. The zero-order chi connectivity index (χ0) is 22.7. The number of ether oxygens (including phenoxy) is 1. The number of carbonyl (C=O) groups excluding carboxylic acids is 3. The molecule has 166 valence electrons. The first-order chi connectivity index (χ1) is 14.8. The molecule has 2 aliphatic rings. The molecule has 1 saturated heterocycles. The highest BCUT2D eigenvalue weighted by molar-refractivity contribution is 8.00. The molecule has 9 nitrogen and oxygen atoms in total. The van der Waals surface area contributed by atoms with Gasteiger partial charge in [-0.1, -0.05) is 32.0 Å². The Morgan fingerprint density at radius 2 is 1.97 bits per heavy atom. The number of aliphatic carboxylic acids is 1. The highest BCUT2D eigenvalue weighted by Gasteiger charge is 2.57. The number of nitrogens with zero attached hydrogens (tertiary/aromatic N) is 2. The van der Waals surface area contributed by atoms with Crippen LogP contribution in [-0.2, 0) is 23.9 Å². The minimum absolute atomic E-state index is 0.156. The van der Waals surface area contributed by atoms with Crippen molar-refractivity contribution in [3.8, 4) is 0 Å². The Kier molecular flexibility index (Phi) is 7.01. The second-order valence-electron chi connectivity index (χ2n) is 7.67. The first kappa shape index (κ1) is 22.8. The average molecular weight is 448 g/mol. The van der Waals surface area contributed by atoms with Crippen molar-refractivity contribution < 1.29 is 29.0 Å². The van der Waals surface area contributed by atoms with Gasteiger partial charge in [-0.25, -0.2) is 4.79 Å². The molecule has 1 aromatic rings. The topological polar surface area (TPSA) is 130 Å². The maximum atomic E-state index is 13.1. The quantitative estimate of drug-likeness (QED) is 0.449. The van der Waals surface area contributed by atoms with E-state index in [1.165, 1.54) is 16.7 Å². The van der Waals surface area contributed by atoms with E-state index in [1.54, 1.807) is 30.3 Å². The summed E-state index contributed by atoms with van der Waals surface area (Å²) < 4.78 is 5.16. The van der Waals surface area contributed by atoms with E-state index in [-0.39, 0.29) is 36.9 Å². The van der Waals surface area contributed by atoms with E-state index in [1.807, 2.05) is 13.8 Å². The van der Waals surface area contributed by atoms with Gasteiger partial charge in [-0.15, -0.1) is 11.8 Å². The van der Waals surface area contributed by atoms with Gasteiger partial charge in [0.25, 0.3) is 5.91 Å². The van der Waals surface area contributed by atoms with Crippen molar-refractivity contribution >= 4 is 41.2 Å². The van der Waals surface area contributed by atoms with E-state index in [9.17, 15) is 24.3 Å². The maximum absolute atomic E-state index is 13.1. The molecule has 0 aromatic heterocycles. The summed E-state index contributed by atoms with van der Waals surface area (Å²) in [4.78, 5) is 52.2. The molecular formula is C21H25N3O6S. The molecule has 2 amide bonds. The minimum Gasteiger partial charge on any atom is -0.477 e. The fourth-order valence-corrected chi connectivity index (χ4v) is 4.92. The van der Waals surface area contributed by atoms with Crippen LogP contribution in [0.4, 0.5) is 5.69 Å². The van der Waals surface area contributed by atoms with Gasteiger partial charge in [0.05, 0.1) is 19.6 Å². The van der Waals surface area contributed by atoms with Gasteiger partial charge in [-0.3, -0.25) is 24.2 Å². The van der Waals surface area contributed by atoms with Crippen molar-refractivity contribution in [1.29, 1.82) is 0 Å². The third-order valence-electron chi connectivity index (χ3n) is 4.91. The van der Waals surface area contributed by atoms with E-state index in [4.69, 9.17) is 10.5 Å². The Balaban J connectivity index is 1.86.